The quantitative estimate of drug-likeness (QED) is 0.723. The van der Waals surface area contributed by atoms with E-state index in [4.69, 9.17) is 10.5 Å². The number of rotatable bonds is 4. The van der Waals surface area contributed by atoms with Crippen LogP contribution in [0.25, 0.3) is 0 Å². The van der Waals surface area contributed by atoms with Crippen molar-refractivity contribution < 1.29 is 13.2 Å². The van der Waals surface area contributed by atoms with E-state index in [2.05, 4.69) is 14.9 Å². The molecule has 0 amide bonds. The van der Waals surface area contributed by atoms with Crippen LogP contribution in [-0.4, -0.2) is 37.4 Å². The maximum Gasteiger partial charge on any atom is 0.244 e. The predicted molar refractivity (Wildman–Crippen MR) is 70.0 cm³/mol. The van der Waals surface area contributed by atoms with Crippen LogP contribution in [0.2, 0.25) is 0 Å². The summed E-state index contributed by atoms with van der Waals surface area (Å²) in [4.78, 5) is 0.154. The molecular weight excluding hydrogens is 268 g/mol. The van der Waals surface area contributed by atoms with Crippen molar-refractivity contribution in [3.05, 3.63) is 11.4 Å². The van der Waals surface area contributed by atoms with Crippen LogP contribution in [0.4, 0.5) is 0 Å². The number of nitrogens with zero attached hydrogens (tertiary/aromatic N) is 1. The number of aromatic amines is 1. The zero-order chi connectivity index (χ0) is 14.1. The van der Waals surface area contributed by atoms with Crippen LogP contribution in [0.5, 0.6) is 0 Å². The summed E-state index contributed by atoms with van der Waals surface area (Å²) in [5.41, 5.74) is 5.80. The Bertz CT molecular complexity index is 546. The van der Waals surface area contributed by atoms with Gasteiger partial charge >= 0.3 is 0 Å². The molecule has 1 atom stereocenters. The van der Waals surface area contributed by atoms with Crippen molar-refractivity contribution in [2.75, 3.05) is 13.2 Å². The maximum atomic E-state index is 12.5. The number of aryl methyl sites for hydroxylation is 1. The average molecular weight is 288 g/mol. The normalized spacial score (nSPS) is 24.6. The van der Waals surface area contributed by atoms with Crippen molar-refractivity contribution in [3.63, 3.8) is 0 Å². The molecule has 4 N–H and O–H groups in total. The molecule has 1 saturated heterocycles. The molecule has 0 spiro atoms. The minimum absolute atomic E-state index is 0.0772. The summed E-state index contributed by atoms with van der Waals surface area (Å²) < 4.78 is 33.1. The largest absolute Gasteiger partial charge is 0.380 e. The fourth-order valence-corrected chi connectivity index (χ4v) is 4.15. The lowest BCUT2D eigenvalue weighted by atomic mass is 9.97. The second-order valence-corrected chi connectivity index (χ2v) is 6.77. The van der Waals surface area contributed by atoms with Crippen LogP contribution in [0.3, 0.4) is 0 Å². The van der Waals surface area contributed by atoms with Gasteiger partial charge in [-0.2, -0.15) is 5.10 Å². The van der Waals surface area contributed by atoms with E-state index in [-0.39, 0.29) is 11.4 Å². The number of nitrogens with one attached hydrogen (secondary N) is 2. The fourth-order valence-electron chi connectivity index (χ4n) is 2.35. The lowest BCUT2D eigenvalue weighted by molar-refractivity contribution is 0.0386. The monoisotopic (exact) mass is 288 g/mol. The Labute approximate surface area is 113 Å². The molecule has 1 aliphatic rings. The van der Waals surface area contributed by atoms with Crippen molar-refractivity contribution in [3.8, 4) is 0 Å². The van der Waals surface area contributed by atoms with Crippen LogP contribution in [-0.2, 0) is 21.3 Å². The van der Waals surface area contributed by atoms with E-state index in [9.17, 15) is 8.42 Å². The standard InChI is InChI=1S/C11H20N4O3S/c1-8-10(9(6-12)14-13-8)19(16,17)15-11(2)4-3-5-18-7-11/h15H,3-7,12H2,1-2H3,(H,13,14). The highest BCUT2D eigenvalue weighted by atomic mass is 32.2. The van der Waals surface area contributed by atoms with Crippen molar-refractivity contribution in [2.45, 2.75) is 43.7 Å². The zero-order valence-electron chi connectivity index (χ0n) is 11.2. The van der Waals surface area contributed by atoms with Gasteiger partial charge in [-0.05, 0) is 26.7 Å². The highest BCUT2D eigenvalue weighted by molar-refractivity contribution is 7.89. The topological polar surface area (TPSA) is 110 Å². The molecule has 7 nitrogen and oxygen atoms in total. The van der Waals surface area contributed by atoms with E-state index in [1.54, 1.807) is 6.92 Å². The van der Waals surface area contributed by atoms with Gasteiger partial charge in [0.2, 0.25) is 10.0 Å². The van der Waals surface area contributed by atoms with Crippen LogP contribution in [0, 0.1) is 6.92 Å². The predicted octanol–water partition coefficient (Wildman–Crippen LogP) is 0.0242. The minimum Gasteiger partial charge on any atom is -0.380 e. The van der Waals surface area contributed by atoms with Crippen LogP contribution < -0.4 is 10.5 Å². The van der Waals surface area contributed by atoms with Crippen LogP contribution in [0.1, 0.15) is 31.2 Å². The number of hydrogen-bond donors (Lipinski definition) is 3. The minimum atomic E-state index is -3.65. The average Bonchev–Trinajstić information content (AvgIpc) is 2.70. The molecule has 1 unspecified atom stereocenters. The summed E-state index contributed by atoms with van der Waals surface area (Å²) in [6, 6.07) is 0. The van der Waals surface area contributed by atoms with Gasteiger partial charge in [0.15, 0.2) is 0 Å². The third-order valence-corrected chi connectivity index (χ3v) is 5.08. The Hall–Kier alpha value is -0.960. The molecule has 0 bridgehead atoms. The van der Waals surface area contributed by atoms with Gasteiger partial charge in [0.1, 0.15) is 4.90 Å². The summed E-state index contributed by atoms with van der Waals surface area (Å²) in [7, 11) is -3.65. The highest BCUT2D eigenvalue weighted by Gasteiger charge is 2.35. The van der Waals surface area contributed by atoms with Crippen molar-refractivity contribution >= 4 is 10.0 Å². The third-order valence-electron chi connectivity index (χ3n) is 3.24. The fraction of sp³-hybridized carbons (Fsp3) is 0.727. The molecule has 0 saturated carbocycles. The molecule has 8 heteroatoms. The lowest BCUT2D eigenvalue weighted by Crippen LogP contribution is -2.51. The van der Waals surface area contributed by atoms with Gasteiger partial charge in [-0.15, -0.1) is 0 Å². The number of ether oxygens (including phenoxy) is 1. The SMILES string of the molecule is Cc1[nH]nc(CN)c1S(=O)(=O)NC1(C)CCCOC1. The number of sulfonamides is 1. The summed E-state index contributed by atoms with van der Waals surface area (Å²) in [5, 5.41) is 6.58. The Balaban J connectivity index is 2.29. The van der Waals surface area contributed by atoms with E-state index < -0.39 is 15.6 Å². The zero-order valence-corrected chi connectivity index (χ0v) is 12.0. The van der Waals surface area contributed by atoms with Crippen LogP contribution in [0.15, 0.2) is 4.90 Å². The lowest BCUT2D eigenvalue weighted by Gasteiger charge is -2.33. The molecule has 1 aromatic heterocycles. The van der Waals surface area contributed by atoms with Crippen molar-refractivity contribution in [2.24, 2.45) is 5.73 Å². The molecule has 1 aromatic rings. The maximum absolute atomic E-state index is 12.5. The smallest absolute Gasteiger partial charge is 0.244 e. The van der Waals surface area contributed by atoms with Gasteiger partial charge in [-0.1, -0.05) is 0 Å². The molecule has 1 fully saturated rings. The number of hydrogen-bond acceptors (Lipinski definition) is 5. The van der Waals surface area contributed by atoms with Gasteiger partial charge in [-0.3, -0.25) is 5.10 Å². The molecule has 0 aliphatic carbocycles. The number of aromatic nitrogens is 2. The van der Waals surface area contributed by atoms with E-state index in [0.717, 1.165) is 12.8 Å². The molecular formula is C11H20N4O3S. The van der Waals surface area contributed by atoms with Gasteiger partial charge in [0, 0.05) is 13.2 Å². The molecule has 108 valence electrons. The van der Waals surface area contributed by atoms with Crippen LogP contribution >= 0.6 is 0 Å². The van der Waals surface area contributed by atoms with E-state index in [1.807, 2.05) is 6.92 Å². The highest BCUT2D eigenvalue weighted by Crippen LogP contribution is 2.24. The van der Waals surface area contributed by atoms with Gasteiger partial charge in [0.05, 0.1) is 23.5 Å². The molecule has 2 heterocycles. The second-order valence-electron chi connectivity index (χ2n) is 5.15. The Morgan fingerprint density at radius 3 is 2.89 bits per heavy atom. The van der Waals surface area contributed by atoms with Crippen molar-refractivity contribution in [1.82, 2.24) is 14.9 Å². The van der Waals surface area contributed by atoms with E-state index >= 15 is 0 Å². The Morgan fingerprint density at radius 1 is 1.58 bits per heavy atom. The number of H-pyrrole nitrogens is 1. The first-order chi connectivity index (χ1) is 8.88. The number of nitrogens with two attached hydrogens (primary N) is 1. The second kappa shape index (κ2) is 5.20. The first kappa shape index (κ1) is 14.4. The van der Waals surface area contributed by atoms with Gasteiger partial charge in [-0.25, -0.2) is 13.1 Å². The molecule has 19 heavy (non-hydrogen) atoms. The Kier molecular flexibility index (Phi) is 3.95. The first-order valence-corrected chi connectivity index (χ1v) is 7.72. The van der Waals surface area contributed by atoms with E-state index in [0.29, 0.717) is 24.6 Å². The Morgan fingerprint density at radius 2 is 2.32 bits per heavy atom. The van der Waals surface area contributed by atoms with Gasteiger partial charge in [0.25, 0.3) is 0 Å². The molecule has 1 aliphatic heterocycles. The summed E-state index contributed by atoms with van der Waals surface area (Å²) in [6.07, 6.45) is 1.59. The summed E-state index contributed by atoms with van der Waals surface area (Å²) >= 11 is 0. The molecule has 0 radical (unpaired) electrons. The van der Waals surface area contributed by atoms with Gasteiger partial charge < -0.3 is 10.5 Å². The first-order valence-electron chi connectivity index (χ1n) is 6.24. The molecule has 2 rings (SSSR count). The summed E-state index contributed by atoms with van der Waals surface area (Å²) in [6.45, 7) is 4.65. The molecule has 0 aromatic carbocycles. The summed E-state index contributed by atoms with van der Waals surface area (Å²) in [5.74, 6) is 0. The van der Waals surface area contributed by atoms with E-state index in [1.165, 1.54) is 0 Å². The van der Waals surface area contributed by atoms with Crippen molar-refractivity contribution in [1.29, 1.82) is 0 Å². The third kappa shape index (κ3) is 2.97.